The molecule has 10 heteroatoms. The molecule has 1 heterocycles. The Kier molecular flexibility index (Phi) is 5.23. The number of nitrogens with zero attached hydrogens (tertiary/aromatic N) is 3. The monoisotopic (exact) mass is 386 g/mol. The third-order valence-electron chi connectivity index (χ3n) is 3.55. The molecule has 3 aromatic rings. The molecule has 0 aliphatic heterocycles. The van der Waals surface area contributed by atoms with Crippen LogP contribution in [0.25, 0.3) is 0 Å². The quantitative estimate of drug-likeness (QED) is 0.426. The van der Waals surface area contributed by atoms with Gasteiger partial charge in [0, 0.05) is 16.4 Å². The van der Waals surface area contributed by atoms with E-state index in [0.29, 0.717) is 22.1 Å². The second kappa shape index (κ2) is 7.75. The van der Waals surface area contributed by atoms with Crippen molar-refractivity contribution in [2.75, 3.05) is 23.5 Å². The van der Waals surface area contributed by atoms with Crippen LogP contribution in [0.3, 0.4) is 0 Å². The summed E-state index contributed by atoms with van der Waals surface area (Å²) in [7, 11) is 1.57. The zero-order valence-electron chi connectivity index (χ0n) is 14.1. The van der Waals surface area contributed by atoms with Crippen molar-refractivity contribution in [3.8, 4) is 5.75 Å². The number of nitro groups is 1. The van der Waals surface area contributed by atoms with Crippen LogP contribution in [0.5, 0.6) is 5.75 Å². The Hall–Kier alpha value is -3.59. The summed E-state index contributed by atoms with van der Waals surface area (Å²) < 4.78 is 5.10. The summed E-state index contributed by atoms with van der Waals surface area (Å²) in [4.78, 5) is 18.9. The summed E-state index contributed by atoms with van der Waals surface area (Å²) >= 11 is 5.86. The molecule has 0 atom stereocenters. The van der Waals surface area contributed by atoms with Gasteiger partial charge in [0.2, 0.25) is 17.6 Å². The smallest absolute Gasteiger partial charge is 0.353 e. The van der Waals surface area contributed by atoms with Gasteiger partial charge in [0.1, 0.15) is 5.75 Å². The summed E-state index contributed by atoms with van der Waals surface area (Å²) in [6, 6.07) is 13.7. The fraction of sp³-hybridized carbons (Fsp3) is 0.0588. The standard InChI is InChI=1S/C17H15ClN6O3/c1-27-13-8-6-12(7-9-13)21-17-22-15(19)14(24(25)26)16(23-17)20-11-4-2-10(18)3-5-11/h2-9H,1H3,(H4,19,20,21,22,23). The Morgan fingerprint density at radius 1 is 1.04 bits per heavy atom. The molecule has 27 heavy (non-hydrogen) atoms. The summed E-state index contributed by atoms with van der Waals surface area (Å²) in [6.07, 6.45) is 0. The summed E-state index contributed by atoms with van der Waals surface area (Å²) in [5, 5.41) is 17.7. The largest absolute Gasteiger partial charge is 0.497 e. The van der Waals surface area contributed by atoms with E-state index < -0.39 is 10.6 Å². The zero-order valence-corrected chi connectivity index (χ0v) is 14.9. The van der Waals surface area contributed by atoms with Gasteiger partial charge in [-0.1, -0.05) is 11.6 Å². The molecule has 4 N–H and O–H groups in total. The molecule has 0 aliphatic rings. The highest BCUT2D eigenvalue weighted by molar-refractivity contribution is 6.30. The molecule has 0 aliphatic carbocycles. The molecule has 0 fully saturated rings. The molecule has 0 amide bonds. The van der Waals surface area contributed by atoms with Gasteiger partial charge in [-0.2, -0.15) is 9.97 Å². The number of methoxy groups -OCH3 is 1. The van der Waals surface area contributed by atoms with Gasteiger partial charge in [-0.05, 0) is 48.5 Å². The number of rotatable bonds is 6. The number of benzene rings is 2. The van der Waals surface area contributed by atoms with E-state index in [0.717, 1.165) is 0 Å². The van der Waals surface area contributed by atoms with Crippen molar-refractivity contribution in [2.45, 2.75) is 0 Å². The maximum absolute atomic E-state index is 11.4. The summed E-state index contributed by atoms with van der Waals surface area (Å²) in [6.45, 7) is 0. The van der Waals surface area contributed by atoms with Crippen LogP contribution in [0.15, 0.2) is 48.5 Å². The topological polar surface area (TPSA) is 128 Å². The lowest BCUT2D eigenvalue weighted by atomic mass is 10.3. The first-order valence-electron chi connectivity index (χ1n) is 7.72. The van der Waals surface area contributed by atoms with Gasteiger partial charge in [0.15, 0.2) is 0 Å². The fourth-order valence-electron chi connectivity index (χ4n) is 2.27. The molecular formula is C17H15ClN6O3. The molecule has 0 spiro atoms. The van der Waals surface area contributed by atoms with Gasteiger partial charge in [-0.3, -0.25) is 10.1 Å². The number of aromatic nitrogens is 2. The van der Waals surface area contributed by atoms with Crippen LogP contribution in [0.4, 0.5) is 34.6 Å². The van der Waals surface area contributed by atoms with Crippen molar-refractivity contribution < 1.29 is 9.66 Å². The van der Waals surface area contributed by atoms with E-state index in [2.05, 4.69) is 20.6 Å². The van der Waals surface area contributed by atoms with Gasteiger partial charge in [-0.15, -0.1) is 0 Å². The van der Waals surface area contributed by atoms with Crippen molar-refractivity contribution in [3.05, 3.63) is 63.7 Å². The first-order valence-corrected chi connectivity index (χ1v) is 8.09. The number of nitrogens with one attached hydrogen (secondary N) is 2. The van der Waals surface area contributed by atoms with Gasteiger partial charge in [0.25, 0.3) is 0 Å². The van der Waals surface area contributed by atoms with Gasteiger partial charge >= 0.3 is 5.69 Å². The SMILES string of the molecule is COc1ccc(Nc2nc(N)c([N+](=O)[O-])c(Nc3ccc(Cl)cc3)n2)cc1. The Balaban J connectivity index is 1.94. The molecule has 138 valence electrons. The number of hydrogen-bond acceptors (Lipinski definition) is 8. The average molecular weight is 387 g/mol. The number of nitrogen functional groups attached to an aromatic ring is 1. The van der Waals surface area contributed by atoms with E-state index in [-0.39, 0.29) is 17.6 Å². The van der Waals surface area contributed by atoms with Crippen LogP contribution in [-0.4, -0.2) is 22.0 Å². The Morgan fingerprint density at radius 3 is 2.22 bits per heavy atom. The van der Waals surface area contributed by atoms with Crippen LogP contribution >= 0.6 is 11.6 Å². The van der Waals surface area contributed by atoms with Crippen LogP contribution in [0.2, 0.25) is 5.02 Å². The number of anilines is 5. The molecule has 3 rings (SSSR count). The number of hydrogen-bond donors (Lipinski definition) is 3. The highest BCUT2D eigenvalue weighted by atomic mass is 35.5. The Bertz CT molecular complexity index is 964. The van der Waals surface area contributed by atoms with Gasteiger partial charge in [0.05, 0.1) is 12.0 Å². The number of nitrogens with two attached hydrogens (primary N) is 1. The number of halogens is 1. The second-order valence-corrected chi connectivity index (χ2v) is 5.81. The van der Waals surface area contributed by atoms with E-state index in [4.69, 9.17) is 22.1 Å². The van der Waals surface area contributed by atoms with Crippen molar-refractivity contribution in [2.24, 2.45) is 0 Å². The third kappa shape index (κ3) is 4.33. The highest BCUT2D eigenvalue weighted by Crippen LogP contribution is 2.32. The maximum atomic E-state index is 11.4. The minimum absolute atomic E-state index is 0.0363. The molecule has 0 bridgehead atoms. The Morgan fingerprint density at radius 2 is 1.63 bits per heavy atom. The third-order valence-corrected chi connectivity index (χ3v) is 3.80. The molecule has 0 unspecified atom stereocenters. The summed E-state index contributed by atoms with van der Waals surface area (Å²) in [5.41, 5.74) is 6.61. The average Bonchev–Trinajstić information content (AvgIpc) is 2.63. The molecule has 1 aromatic heterocycles. The molecule has 9 nitrogen and oxygen atoms in total. The van der Waals surface area contributed by atoms with Gasteiger partial charge in [-0.25, -0.2) is 0 Å². The molecule has 0 saturated carbocycles. The fourth-order valence-corrected chi connectivity index (χ4v) is 2.39. The normalized spacial score (nSPS) is 10.3. The van der Waals surface area contributed by atoms with Crippen LogP contribution < -0.4 is 21.1 Å². The van der Waals surface area contributed by atoms with Crippen LogP contribution in [-0.2, 0) is 0 Å². The minimum Gasteiger partial charge on any atom is -0.497 e. The Labute approximate surface area is 159 Å². The van der Waals surface area contributed by atoms with E-state index in [1.165, 1.54) is 0 Å². The zero-order chi connectivity index (χ0) is 19.4. The van der Waals surface area contributed by atoms with E-state index >= 15 is 0 Å². The van der Waals surface area contributed by atoms with Crippen LogP contribution in [0.1, 0.15) is 0 Å². The van der Waals surface area contributed by atoms with Gasteiger partial charge < -0.3 is 21.1 Å². The molecule has 2 aromatic carbocycles. The van der Waals surface area contributed by atoms with Crippen molar-refractivity contribution in [1.29, 1.82) is 0 Å². The lowest BCUT2D eigenvalue weighted by Crippen LogP contribution is -2.08. The van der Waals surface area contributed by atoms with Crippen molar-refractivity contribution in [3.63, 3.8) is 0 Å². The summed E-state index contributed by atoms with van der Waals surface area (Å²) in [5.74, 6) is 0.503. The van der Waals surface area contributed by atoms with E-state index in [9.17, 15) is 10.1 Å². The van der Waals surface area contributed by atoms with Crippen molar-refractivity contribution >= 4 is 46.2 Å². The van der Waals surface area contributed by atoms with E-state index in [1.54, 1.807) is 55.6 Å². The molecule has 0 saturated heterocycles. The van der Waals surface area contributed by atoms with E-state index in [1.807, 2.05) is 0 Å². The number of ether oxygens (including phenoxy) is 1. The molecule has 0 radical (unpaired) electrons. The maximum Gasteiger partial charge on any atom is 0.353 e. The highest BCUT2D eigenvalue weighted by Gasteiger charge is 2.23. The first-order chi connectivity index (χ1) is 13.0. The predicted octanol–water partition coefficient (Wildman–Crippen LogP) is 4.12. The predicted molar refractivity (Wildman–Crippen MR) is 104 cm³/mol. The lowest BCUT2D eigenvalue weighted by molar-refractivity contribution is -0.383. The first kappa shape index (κ1) is 18.2. The second-order valence-electron chi connectivity index (χ2n) is 5.37. The minimum atomic E-state index is -0.634. The molecular weight excluding hydrogens is 372 g/mol. The van der Waals surface area contributed by atoms with Crippen LogP contribution in [0, 0.1) is 10.1 Å². The van der Waals surface area contributed by atoms with Crippen molar-refractivity contribution in [1.82, 2.24) is 9.97 Å². The lowest BCUT2D eigenvalue weighted by Gasteiger charge is -2.11.